The number of hydrogen-bond acceptors (Lipinski definition) is 2. The molecular formula is C16H24N2O. The molecule has 0 radical (unpaired) electrons. The molecule has 1 saturated heterocycles. The first kappa shape index (κ1) is 14.1. The number of hydrogen-bond donors (Lipinski definition) is 0. The highest BCUT2D eigenvalue weighted by Crippen LogP contribution is 2.19. The smallest absolute Gasteiger partial charge is 0.222 e. The summed E-state index contributed by atoms with van der Waals surface area (Å²) in [6.07, 6.45) is 0.609. The van der Waals surface area contributed by atoms with E-state index >= 15 is 0 Å². The fourth-order valence-corrected chi connectivity index (χ4v) is 2.89. The molecular weight excluding hydrogens is 236 g/mol. The SMILES string of the molecule is CCC(=O)N1C[C@H](C)N(Cc2ccccc2)[C@@H](C)C1. The van der Waals surface area contributed by atoms with E-state index in [1.54, 1.807) is 0 Å². The van der Waals surface area contributed by atoms with Gasteiger partial charge in [0.05, 0.1) is 0 Å². The van der Waals surface area contributed by atoms with Gasteiger partial charge in [-0.3, -0.25) is 9.69 Å². The van der Waals surface area contributed by atoms with E-state index in [2.05, 4.69) is 43.0 Å². The highest BCUT2D eigenvalue weighted by molar-refractivity contribution is 5.76. The van der Waals surface area contributed by atoms with Crippen LogP contribution in [-0.4, -0.2) is 40.9 Å². The lowest BCUT2D eigenvalue weighted by molar-refractivity contribution is -0.135. The molecule has 2 rings (SSSR count). The molecule has 19 heavy (non-hydrogen) atoms. The molecule has 1 aliphatic heterocycles. The van der Waals surface area contributed by atoms with E-state index in [1.165, 1.54) is 5.56 Å². The van der Waals surface area contributed by atoms with E-state index in [-0.39, 0.29) is 5.91 Å². The third-order valence-corrected chi connectivity index (χ3v) is 3.96. The Kier molecular flexibility index (Phi) is 4.59. The number of carbonyl (C=O) groups excluding carboxylic acids is 1. The van der Waals surface area contributed by atoms with Gasteiger partial charge in [-0.15, -0.1) is 0 Å². The van der Waals surface area contributed by atoms with Gasteiger partial charge in [0.25, 0.3) is 0 Å². The maximum atomic E-state index is 11.8. The average Bonchev–Trinajstić information content (AvgIpc) is 2.43. The maximum Gasteiger partial charge on any atom is 0.222 e. The second-order valence-corrected chi connectivity index (χ2v) is 5.51. The van der Waals surface area contributed by atoms with E-state index < -0.39 is 0 Å². The van der Waals surface area contributed by atoms with Gasteiger partial charge in [0.1, 0.15) is 0 Å². The number of amides is 1. The van der Waals surface area contributed by atoms with Gasteiger partial charge in [-0.1, -0.05) is 37.3 Å². The molecule has 1 aromatic carbocycles. The highest BCUT2D eigenvalue weighted by Gasteiger charge is 2.30. The zero-order chi connectivity index (χ0) is 13.8. The first-order chi connectivity index (χ1) is 9.11. The van der Waals surface area contributed by atoms with Crippen molar-refractivity contribution in [3.8, 4) is 0 Å². The largest absolute Gasteiger partial charge is 0.340 e. The van der Waals surface area contributed by atoms with Crippen molar-refractivity contribution in [2.45, 2.75) is 45.8 Å². The summed E-state index contributed by atoms with van der Waals surface area (Å²) in [6.45, 7) is 9.04. The minimum Gasteiger partial charge on any atom is -0.340 e. The average molecular weight is 260 g/mol. The van der Waals surface area contributed by atoms with Crippen LogP contribution in [0, 0.1) is 0 Å². The molecule has 0 bridgehead atoms. The Morgan fingerprint density at radius 2 is 1.74 bits per heavy atom. The number of rotatable bonds is 3. The van der Waals surface area contributed by atoms with Crippen LogP contribution < -0.4 is 0 Å². The van der Waals surface area contributed by atoms with Crippen LogP contribution in [-0.2, 0) is 11.3 Å². The van der Waals surface area contributed by atoms with Crippen LogP contribution >= 0.6 is 0 Å². The Morgan fingerprint density at radius 1 is 1.16 bits per heavy atom. The van der Waals surface area contributed by atoms with Crippen LogP contribution in [0.25, 0.3) is 0 Å². The predicted octanol–water partition coefficient (Wildman–Crippen LogP) is 2.52. The van der Waals surface area contributed by atoms with Gasteiger partial charge in [0.2, 0.25) is 5.91 Å². The van der Waals surface area contributed by atoms with Gasteiger partial charge in [0.15, 0.2) is 0 Å². The summed E-state index contributed by atoms with van der Waals surface area (Å²) in [6, 6.07) is 11.4. The Hall–Kier alpha value is -1.35. The normalized spacial score (nSPS) is 24.5. The van der Waals surface area contributed by atoms with Crippen molar-refractivity contribution in [2.75, 3.05) is 13.1 Å². The van der Waals surface area contributed by atoms with Crippen LogP contribution in [0.2, 0.25) is 0 Å². The number of piperazine rings is 1. The lowest BCUT2D eigenvalue weighted by Crippen LogP contribution is -2.57. The van der Waals surface area contributed by atoms with Crippen LogP contribution in [0.15, 0.2) is 30.3 Å². The van der Waals surface area contributed by atoms with Gasteiger partial charge in [-0.2, -0.15) is 0 Å². The standard InChI is InChI=1S/C16H24N2O/c1-4-16(19)17-10-13(2)18(14(3)11-17)12-15-8-6-5-7-9-15/h5-9,13-14H,4,10-12H2,1-3H3/t13-,14-/m0/s1. The Labute approximate surface area is 116 Å². The van der Waals surface area contributed by atoms with Crippen LogP contribution in [0.1, 0.15) is 32.8 Å². The fourth-order valence-electron chi connectivity index (χ4n) is 2.89. The summed E-state index contributed by atoms with van der Waals surface area (Å²) < 4.78 is 0. The first-order valence-corrected chi connectivity index (χ1v) is 7.19. The molecule has 0 aliphatic carbocycles. The highest BCUT2D eigenvalue weighted by atomic mass is 16.2. The molecule has 0 unspecified atom stereocenters. The summed E-state index contributed by atoms with van der Waals surface area (Å²) in [5, 5.41) is 0. The van der Waals surface area contributed by atoms with Gasteiger partial charge in [0, 0.05) is 38.1 Å². The van der Waals surface area contributed by atoms with E-state index in [0.29, 0.717) is 18.5 Å². The van der Waals surface area contributed by atoms with Crippen LogP contribution in [0.3, 0.4) is 0 Å². The number of benzene rings is 1. The van der Waals surface area contributed by atoms with Gasteiger partial charge >= 0.3 is 0 Å². The zero-order valence-electron chi connectivity index (χ0n) is 12.2. The molecule has 3 nitrogen and oxygen atoms in total. The third kappa shape index (κ3) is 3.35. The second kappa shape index (κ2) is 6.20. The lowest BCUT2D eigenvalue weighted by atomic mass is 10.1. The summed E-state index contributed by atoms with van der Waals surface area (Å²) in [4.78, 5) is 16.3. The summed E-state index contributed by atoms with van der Waals surface area (Å²) in [5.41, 5.74) is 1.34. The van der Waals surface area contributed by atoms with E-state index in [4.69, 9.17) is 0 Å². The topological polar surface area (TPSA) is 23.6 Å². The van der Waals surface area contributed by atoms with Crippen molar-refractivity contribution in [1.29, 1.82) is 0 Å². The third-order valence-electron chi connectivity index (χ3n) is 3.96. The summed E-state index contributed by atoms with van der Waals surface area (Å²) >= 11 is 0. The predicted molar refractivity (Wildman–Crippen MR) is 77.8 cm³/mol. The summed E-state index contributed by atoms with van der Waals surface area (Å²) in [5.74, 6) is 0.276. The first-order valence-electron chi connectivity index (χ1n) is 7.19. The molecule has 104 valence electrons. The number of carbonyl (C=O) groups is 1. The van der Waals surface area contributed by atoms with Gasteiger partial charge < -0.3 is 4.90 Å². The Morgan fingerprint density at radius 3 is 2.26 bits per heavy atom. The van der Waals surface area contributed by atoms with Crippen molar-refractivity contribution in [3.05, 3.63) is 35.9 Å². The minimum atomic E-state index is 0.276. The molecule has 3 heteroatoms. The van der Waals surface area contributed by atoms with Crippen LogP contribution in [0.5, 0.6) is 0 Å². The maximum absolute atomic E-state index is 11.8. The van der Waals surface area contributed by atoms with E-state index in [1.807, 2.05) is 17.9 Å². The molecule has 1 heterocycles. The fraction of sp³-hybridized carbons (Fsp3) is 0.562. The van der Waals surface area contributed by atoms with Crippen LogP contribution in [0.4, 0.5) is 0 Å². The van der Waals surface area contributed by atoms with E-state index in [9.17, 15) is 4.79 Å². The Balaban J connectivity index is 2.02. The van der Waals surface area contributed by atoms with E-state index in [0.717, 1.165) is 19.6 Å². The molecule has 0 aromatic heterocycles. The monoisotopic (exact) mass is 260 g/mol. The number of nitrogens with zero attached hydrogens (tertiary/aromatic N) is 2. The zero-order valence-corrected chi connectivity index (χ0v) is 12.2. The minimum absolute atomic E-state index is 0.276. The molecule has 0 spiro atoms. The molecule has 0 N–H and O–H groups in total. The molecule has 0 saturated carbocycles. The van der Waals surface area contributed by atoms with Crippen molar-refractivity contribution >= 4 is 5.91 Å². The van der Waals surface area contributed by atoms with Gasteiger partial charge in [-0.25, -0.2) is 0 Å². The Bertz CT molecular complexity index is 406. The molecule has 1 amide bonds. The molecule has 1 fully saturated rings. The van der Waals surface area contributed by atoms with Crippen molar-refractivity contribution < 1.29 is 4.79 Å². The lowest BCUT2D eigenvalue weighted by Gasteiger charge is -2.44. The van der Waals surface area contributed by atoms with Gasteiger partial charge in [-0.05, 0) is 19.4 Å². The molecule has 1 aromatic rings. The molecule has 1 aliphatic rings. The van der Waals surface area contributed by atoms with Crippen molar-refractivity contribution in [2.24, 2.45) is 0 Å². The second-order valence-electron chi connectivity index (χ2n) is 5.51. The summed E-state index contributed by atoms with van der Waals surface area (Å²) in [7, 11) is 0. The van der Waals surface area contributed by atoms with Crippen molar-refractivity contribution in [1.82, 2.24) is 9.80 Å². The van der Waals surface area contributed by atoms with Crippen molar-refractivity contribution in [3.63, 3.8) is 0 Å². The molecule has 2 atom stereocenters. The quantitative estimate of drug-likeness (QED) is 0.833.